The first-order valence-electron chi connectivity index (χ1n) is 13.2. The van der Waals surface area contributed by atoms with Gasteiger partial charge in [-0.1, -0.05) is 41.9 Å². The number of thioether (sulfide) groups is 1. The molecule has 43 heavy (non-hydrogen) atoms. The lowest BCUT2D eigenvalue weighted by molar-refractivity contribution is -0.115. The number of anilines is 2. The van der Waals surface area contributed by atoms with Gasteiger partial charge in [-0.2, -0.15) is 0 Å². The molecule has 0 bridgehead atoms. The topological polar surface area (TPSA) is 106 Å². The molecule has 0 saturated heterocycles. The van der Waals surface area contributed by atoms with Crippen molar-refractivity contribution in [2.24, 2.45) is 0 Å². The Hall–Kier alpha value is -4.73. The van der Waals surface area contributed by atoms with E-state index in [9.17, 15) is 14.4 Å². The molecule has 0 spiro atoms. The van der Waals surface area contributed by atoms with E-state index >= 15 is 0 Å². The number of hydrogen-bond acceptors (Lipinski definition) is 6. The molecule has 0 heterocycles. The summed E-state index contributed by atoms with van der Waals surface area (Å²) in [6.07, 6.45) is 1.58. The van der Waals surface area contributed by atoms with E-state index in [1.54, 1.807) is 111 Å². The summed E-state index contributed by atoms with van der Waals surface area (Å²) in [5.41, 5.74) is 2.15. The third-order valence-electron chi connectivity index (χ3n) is 6.15. The van der Waals surface area contributed by atoms with E-state index in [1.807, 2.05) is 6.07 Å². The zero-order chi connectivity index (χ0) is 30.8. The van der Waals surface area contributed by atoms with Gasteiger partial charge in [0.2, 0.25) is 5.91 Å². The molecule has 0 radical (unpaired) electrons. The molecule has 3 amide bonds. The van der Waals surface area contributed by atoms with Crippen LogP contribution in [0.2, 0.25) is 5.02 Å². The van der Waals surface area contributed by atoms with E-state index in [4.69, 9.17) is 21.1 Å². The first-order chi connectivity index (χ1) is 20.7. The molecule has 4 aromatic rings. The molecule has 0 saturated carbocycles. The highest BCUT2D eigenvalue weighted by Gasteiger charge is 2.18. The van der Waals surface area contributed by atoms with Crippen LogP contribution in [0.25, 0.3) is 6.08 Å². The van der Waals surface area contributed by atoms with Crippen molar-refractivity contribution in [3.63, 3.8) is 0 Å². The summed E-state index contributed by atoms with van der Waals surface area (Å²) >= 11 is 7.43. The number of methoxy groups -OCH3 is 2. The van der Waals surface area contributed by atoms with Gasteiger partial charge in [-0.15, -0.1) is 11.8 Å². The first-order valence-corrected chi connectivity index (χ1v) is 14.5. The van der Waals surface area contributed by atoms with Crippen molar-refractivity contribution in [1.29, 1.82) is 0 Å². The normalized spacial score (nSPS) is 11.7. The van der Waals surface area contributed by atoms with Crippen molar-refractivity contribution in [2.75, 3.05) is 24.9 Å². The zero-order valence-corrected chi connectivity index (χ0v) is 25.3. The molecule has 10 heteroatoms. The van der Waals surface area contributed by atoms with Gasteiger partial charge >= 0.3 is 0 Å². The Kier molecular flexibility index (Phi) is 10.9. The van der Waals surface area contributed by atoms with E-state index < -0.39 is 17.1 Å². The number of carbonyl (C=O) groups excluding carboxylic acids is 3. The maximum absolute atomic E-state index is 13.3. The monoisotopic (exact) mass is 615 g/mol. The van der Waals surface area contributed by atoms with Crippen molar-refractivity contribution >= 4 is 58.5 Å². The summed E-state index contributed by atoms with van der Waals surface area (Å²) in [4.78, 5) is 39.9. The van der Waals surface area contributed by atoms with Gasteiger partial charge in [0.05, 0.1) is 25.2 Å². The van der Waals surface area contributed by atoms with Crippen LogP contribution in [0.1, 0.15) is 22.8 Å². The summed E-state index contributed by atoms with van der Waals surface area (Å²) in [6.45, 7) is 1.79. The average molecular weight is 616 g/mol. The average Bonchev–Trinajstić information content (AvgIpc) is 3.02. The van der Waals surface area contributed by atoms with E-state index in [1.165, 1.54) is 18.9 Å². The van der Waals surface area contributed by atoms with Crippen molar-refractivity contribution in [3.05, 3.63) is 119 Å². The van der Waals surface area contributed by atoms with E-state index in [-0.39, 0.29) is 11.6 Å². The lowest BCUT2D eigenvalue weighted by atomic mass is 10.1. The molecule has 1 unspecified atom stereocenters. The fraction of sp³-hybridized carbons (Fsp3) is 0.121. The number of benzene rings is 4. The smallest absolute Gasteiger partial charge is 0.272 e. The highest BCUT2D eigenvalue weighted by Crippen LogP contribution is 2.30. The fourth-order valence-corrected chi connectivity index (χ4v) is 4.97. The molecule has 3 N–H and O–H groups in total. The van der Waals surface area contributed by atoms with Crippen molar-refractivity contribution in [1.82, 2.24) is 5.32 Å². The quantitative estimate of drug-likeness (QED) is 0.125. The SMILES string of the molecule is COc1cccc(/C=C(\NC(=O)c2ccccc2)C(=O)Nc2ccc(SC(C)C(=O)Nc3cc(Cl)ccc3OC)cc2)c1. The Labute approximate surface area is 259 Å². The van der Waals surface area contributed by atoms with Crippen LogP contribution in [0.15, 0.2) is 108 Å². The van der Waals surface area contributed by atoms with Gasteiger partial charge in [-0.05, 0) is 85.3 Å². The van der Waals surface area contributed by atoms with E-state index in [0.29, 0.717) is 39.0 Å². The molecule has 0 aliphatic carbocycles. The molecule has 0 aliphatic heterocycles. The Morgan fingerprint density at radius 1 is 0.837 bits per heavy atom. The number of ether oxygens (including phenoxy) is 2. The molecule has 4 rings (SSSR count). The molecular weight excluding hydrogens is 586 g/mol. The largest absolute Gasteiger partial charge is 0.497 e. The summed E-state index contributed by atoms with van der Waals surface area (Å²) < 4.78 is 10.6. The minimum absolute atomic E-state index is 0.0577. The van der Waals surface area contributed by atoms with Crippen LogP contribution >= 0.6 is 23.4 Å². The Morgan fingerprint density at radius 2 is 1.58 bits per heavy atom. The van der Waals surface area contributed by atoms with Gasteiger partial charge < -0.3 is 25.4 Å². The standard InChI is InChI=1S/C33H30ClN3O5S/c1-21(31(38)36-28-20-24(34)12-17-30(28)42-3)43-27-15-13-25(14-16-27)35-33(40)29(19-22-8-7-11-26(18-22)41-2)37-32(39)23-9-5-4-6-10-23/h4-21H,1-3H3,(H,35,40)(H,36,38)(H,37,39)/b29-19-. The van der Waals surface area contributed by atoms with E-state index in [0.717, 1.165) is 4.90 Å². The van der Waals surface area contributed by atoms with Crippen LogP contribution in [-0.4, -0.2) is 37.2 Å². The summed E-state index contributed by atoms with van der Waals surface area (Å²) in [5.74, 6) is -0.0140. The second-order valence-corrected chi connectivity index (χ2v) is 11.1. The Bertz CT molecular complexity index is 1630. The molecule has 0 aliphatic rings. The van der Waals surface area contributed by atoms with Gasteiger partial charge in [0.1, 0.15) is 17.2 Å². The van der Waals surface area contributed by atoms with Gasteiger partial charge in [-0.3, -0.25) is 14.4 Å². The number of amides is 3. The predicted molar refractivity (Wildman–Crippen MR) is 172 cm³/mol. The first kappa shape index (κ1) is 31.2. The third kappa shape index (κ3) is 8.88. The van der Waals surface area contributed by atoms with Gasteiger partial charge in [0.25, 0.3) is 11.8 Å². The van der Waals surface area contributed by atoms with Crippen LogP contribution in [0.3, 0.4) is 0 Å². The number of halogens is 1. The molecule has 1 atom stereocenters. The zero-order valence-electron chi connectivity index (χ0n) is 23.7. The molecule has 4 aromatic carbocycles. The lowest BCUT2D eigenvalue weighted by Crippen LogP contribution is -2.30. The third-order valence-corrected chi connectivity index (χ3v) is 7.49. The van der Waals surface area contributed by atoms with Crippen LogP contribution in [0.5, 0.6) is 11.5 Å². The number of rotatable bonds is 11. The summed E-state index contributed by atoms with van der Waals surface area (Å²) in [7, 11) is 3.07. The number of hydrogen-bond donors (Lipinski definition) is 3. The van der Waals surface area contributed by atoms with E-state index in [2.05, 4.69) is 16.0 Å². The highest BCUT2D eigenvalue weighted by molar-refractivity contribution is 8.00. The molecule has 0 fully saturated rings. The van der Waals surface area contributed by atoms with Gasteiger partial charge in [0, 0.05) is 21.2 Å². The molecule has 0 aromatic heterocycles. The van der Waals surface area contributed by atoms with Gasteiger partial charge in [0.15, 0.2) is 0 Å². The van der Waals surface area contributed by atoms with Crippen LogP contribution in [-0.2, 0) is 9.59 Å². The minimum atomic E-state index is -0.504. The van der Waals surface area contributed by atoms with Gasteiger partial charge in [-0.25, -0.2) is 0 Å². The highest BCUT2D eigenvalue weighted by atomic mass is 35.5. The molecular formula is C33H30ClN3O5S. The minimum Gasteiger partial charge on any atom is -0.497 e. The second kappa shape index (κ2) is 14.9. The van der Waals surface area contributed by atoms with Crippen LogP contribution in [0, 0.1) is 0 Å². The maximum atomic E-state index is 13.3. The van der Waals surface area contributed by atoms with Crippen LogP contribution < -0.4 is 25.4 Å². The summed E-state index contributed by atoms with van der Waals surface area (Å²) in [6, 6.07) is 27.8. The second-order valence-electron chi connectivity index (χ2n) is 9.23. The maximum Gasteiger partial charge on any atom is 0.272 e. The Balaban J connectivity index is 1.44. The van der Waals surface area contributed by atoms with Crippen LogP contribution in [0.4, 0.5) is 11.4 Å². The lowest BCUT2D eigenvalue weighted by Gasteiger charge is -2.15. The molecule has 8 nitrogen and oxygen atoms in total. The predicted octanol–water partition coefficient (Wildman–Crippen LogP) is 6.89. The summed E-state index contributed by atoms with van der Waals surface area (Å²) in [5, 5.41) is 8.46. The Morgan fingerprint density at radius 3 is 2.28 bits per heavy atom. The fourth-order valence-electron chi connectivity index (χ4n) is 3.93. The molecule has 220 valence electrons. The van der Waals surface area contributed by atoms with Crippen molar-refractivity contribution < 1.29 is 23.9 Å². The number of carbonyl (C=O) groups is 3. The number of nitrogens with one attached hydrogen (secondary N) is 3. The van der Waals surface area contributed by atoms with Crippen molar-refractivity contribution in [3.8, 4) is 11.5 Å². The van der Waals surface area contributed by atoms with Crippen molar-refractivity contribution in [2.45, 2.75) is 17.1 Å².